The van der Waals surface area contributed by atoms with Crippen molar-refractivity contribution in [2.45, 2.75) is 31.2 Å². The van der Waals surface area contributed by atoms with Crippen LogP contribution in [0.5, 0.6) is 0 Å². The predicted molar refractivity (Wildman–Crippen MR) is 90.9 cm³/mol. The van der Waals surface area contributed by atoms with Crippen LogP contribution in [-0.4, -0.2) is 12.0 Å². The van der Waals surface area contributed by atoms with Crippen LogP contribution in [-0.2, 0) is 6.42 Å². The van der Waals surface area contributed by atoms with E-state index in [2.05, 4.69) is 38.4 Å². The molecule has 0 amide bonds. The molecule has 0 fully saturated rings. The van der Waals surface area contributed by atoms with E-state index in [1.165, 1.54) is 17.7 Å². The Kier molecular flexibility index (Phi) is 4.63. The molecule has 1 aliphatic carbocycles. The first-order valence-electron chi connectivity index (χ1n) is 7.26. The smallest absolute Gasteiger partial charge is 0.0485 e. The lowest BCUT2D eigenvalue weighted by atomic mass is 9.79. The normalized spacial score (nSPS) is 19.1. The van der Waals surface area contributed by atoms with Crippen LogP contribution in [0.2, 0.25) is 5.02 Å². The van der Waals surface area contributed by atoms with Crippen molar-refractivity contribution in [2.24, 2.45) is 0 Å². The van der Waals surface area contributed by atoms with Gasteiger partial charge in [0.1, 0.15) is 0 Å². The monoisotopic (exact) mass is 364 g/mol. The Morgan fingerprint density at radius 1 is 1.38 bits per heavy atom. The summed E-state index contributed by atoms with van der Waals surface area (Å²) >= 11 is 9.98. The van der Waals surface area contributed by atoms with Gasteiger partial charge in [0, 0.05) is 33.3 Å². The van der Waals surface area contributed by atoms with Gasteiger partial charge in [0.2, 0.25) is 0 Å². The van der Waals surface area contributed by atoms with E-state index < -0.39 is 0 Å². The number of rotatable bonds is 3. The molecule has 2 unspecified atom stereocenters. The molecule has 0 saturated heterocycles. The molecule has 3 rings (SSSR count). The summed E-state index contributed by atoms with van der Waals surface area (Å²) in [6.45, 7) is 0. The lowest BCUT2D eigenvalue weighted by Crippen LogP contribution is -2.27. The molecule has 1 aromatic heterocycles. The van der Waals surface area contributed by atoms with Crippen LogP contribution >= 0.6 is 27.5 Å². The second kappa shape index (κ2) is 6.47. The molecule has 1 aromatic carbocycles. The van der Waals surface area contributed by atoms with Gasteiger partial charge >= 0.3 is 0 Å². The summed E-state index contributed by atoms with van der Waals surface area (Å²) in [5.74, 6) is 0.367. The fourth-order valence-electron chi connectivity index (χ4n) is 3.30. The number of pyridine rings is 1. The molecule has 2 nitrogen and oxygen atoms in total. The van der Waals surface area contributed by atoms with Crippen LogP contribution in [0.15, 0.2) is 41.0 Å². The second-order valence-electron chi connectivity index (χ2n) is 5.48. The Morgan fingerprint density at radius 2 is 2.24 bits per heavy atom. The van der Waals surface area contributed by atoms with E-state index in [0.717, 1.165) is 27.9 Å². The third-order valence-electron chi connectivity index (χ3n) is 4.25. The minimum absolute atomic E-state index is 0.184. The van der Waals surface area contributed by atoms with Crippen molar-refractivity contribution in [3.63, 3.8) is 0 Å². The summed E-state index contributed by atoms with van der Waals surface area (Å²) in [6.07, 6.45) is 5.36. The van der Waals surface area contributed by atoms with E-state index in [9.17, 15) is 0 Å². The Labute approximate surface area is 139 Å². The van der Waals surface area contributed by atoms with Crippen LogP contribution in [0.25, 0.3) is 0 Å². The van der Waals surface area contributed by atoms with Gasteiger partial charge in [-0.2, -0.15) is 0 Å². The molecule has 2 aromatic rings. The van der Waals surface area contributed by atoms with Crippen molar-refractivity contribution >= 4 is 27.5 Å². The highest BCUT2D eigenvalue weighted by Crippen LogP contribution is 2.41. The average molecular weight is 366 g/mol. The summed E-state index contributed by atoms with van der Waals surface area (Å²) in [7, 11) is 2.00. The Balaban J connectivity index is 2.03. The Morgan fingerprint density at radius 3 is 3.05 bits per heavy atom. The van der Waals surface area contributed by atoms with Crippen molar-refractivity contribution < 1.29 is 0 Å². The maximum Gasteiger partial charge on any atom is 0.0485 e. The minimum Gasteiger partial charge on any atom is -0.312 e. The Hall–Kier alpha value is -0.900. The van der Waals surface area contributed by atoms with Gasteiger partial charge in [-0.1, -0.05) is 33.6 Å². The van der Waals surface area contributed by atoms with E-state index in [1.807, 2.05) is 31.4 Å². The molecule has 0 spiro atoms. The molecule has 2 atom stereocenters. The maximum absolute atomic E-state index is 6.43. The van der Waals surface area contributed by atoms with E-state index in [4.69, 9.17) is 11.6 Å². The van der Waals surface area contributed by atoms with Gasteiger partial charge in [0.25, 0.3) is 0 Å². The number of aromatic nitrogens is 1. The summed E-state index contributed by atoms with van der Waals surface area (Å²) < 4.78 is 1.05. The van der Waals surface area contributed by atoms with Crippen LogP contribution in [0, 0.1) is 0 Å². The summed E-state index contributed by atoms with van der Waals surface area (Å²) in [5.41, 5.74) is 3.73. The van der Waals surface area contributed by atoms with Crippen LogP contribution < -0.4 is 5.32 Å². The molecule has 4 heteroatoms. The number of aryl methyl sites for hydroxylation is 1. The zero-order chi connectivity index (χ0) is 14.8. The molecule has 21 heavy (non-hydrogen) atoms. The number of hydrogen-bond acceptors (Lipinski definition) is 2. The van der Waals surface area contributed by atoms with E-state index in [0.29, 0.717) is 5.92 Å². The average Bonchev–Trinajstić information content (AvgIpc) is 2.51. The van der Waals surface area contributed by atoms with Gasteiger partial charge in [0.05, 0.1) is 0 Å². The summed E-state index contributed by atoms with van der Waals surface area (Å²) in [4.78, 5) is 4.65. The predicted octanol–water partition coefficient (Wildman–Crippen LogP) is 4.88. The van der Waals surface area contributed by atoms with Gasteiger partial charge < -0.3 is 5.32 Å². The number of nitrogens with one attached hydrogen (secondary N) is 1. The zero-order valence-corrected chi connectivity index (χ0v) is 14.3. The van der Waals surface area contributed by atoms with Crippen LogP contribution in [0.1, 0.15) is 41.6 Å². The standard InChI is InChI=1S/C17H18BrClN2/c1-20-17(14-10-12(18)7-8-15(14)19)13-6-2-4-11-5-3-9-21-16(11)13/h3,5,7-10,13,17,20H,2,4,6H2,1H3. The molecule has 1 aliphatic rings. The van der Waals surface area contributed by atoms with Crippen molar-refractivity contribution in [1.29, 1.82) is 0 Å². The molecular weight excluding hydrogens is 348 g/mol. The van der Waals surface area contributed by atoms with E-state index >= 15 is 0 Å². The highest BCUT2D eigenvalue weighted by molar-refractivity contribution is 9.10. The number of fused-ring (bicyclic) bond motifs is 1. The van der Waals surface area contributed by atoms with Crippen LogP contribution in [0.3, 0.4) is 0 Å². The topological polar surface area (TPSA) is 24.9 Å². The third-order valence-corrected chi connectivity index (χ3v) is 5.08. The molecule has 110 valence electrons. The summed E-state index contributed by atoms with van der Waals surface area (Å²) in [6, 6.07) is 10.5. The zero-order valence-electron chi connectivity index (χ0n) is 11.9. The molecule has 1 heterocycles. The highest BCUT2D eigenvalue weighted by Gasteiger charge is 2.30. The van der Waals surface area contributed by atoms with Gasteiger partial charge in [-0.15, -0.1) is 0 Å². The fraction of sp³-hybridized carbons (Fsp3) is 0.353. The van der Waals surface area contributed by atoms with Gasteiger partial charge in [-0.25, -0.2) is 0 Å². The molecule has 0 aliphatic heterocycles. The number of hydrogen-bond donors (Lipinski definition) is 1. The van der Waals surface area contributed by atoms with Crippen LogP contribution in [0.4, 0.5) is 0 Å². The van der Waals surface area contributed by atoms with Crippen molar-refractivity contribution in [3.8, 4) is 0 Å². The van der Waals surface area contributed by atoms with Gasteiger partial charge in [-0.3, -0.25) is 4.98 Å². The molecule has 0 bridgehead atoms. The quantitative estimate of drug-likeness (QED) is 0.838. The number of benzene rings is 1. The largest absolute Gasteiger partial charge is 0.312 e. The SMILES string of the molecule is CNC(c1cc(Br)ccc1Cl)C1CCCc2cccnc21. The second-order valence-corrected chi connectivity index (χ2v) is 6.80. The van der Waals surface area contributed by atoms with Gasteiger partial charge in [-0.05, 0) is 61.7 Å². The highest BCUT2D eigenvalue weighted by atomic mass is 79.9. The first-order valence-corrected chi connectivity index (χ1v) is 8.44. The lowest BCUT2D eigenvalue weighted by molar-refractivity contribution is 0.416. The van der Waals surface area contributed by atoms with Crippen molar-refractivity contribution in [2.75, 3.05) is 7.05 Å². The summed E-state index contributed by atoms with van der Waals surface area (Å²) in [5, 5.41) is 4.26. The first kappa shape index (κ1) is 15.0. The third kappa shape index (κ3) is 3.01. The van der Waals surface area contributed by atoms with E-state index in [1.54, 1.807) is 0 Å². The fourth-order valence-corrected chi connectivity index (χ4v) is 3.91. The van der Waals surface area contributed by atoms with E-state index in [-0.39, 0.29) is 6.04 Å². The number of halogens is 2. The molecular formula is C17H18BrClN2. The number of likely N-dealkylation sites (N-methyl/N-ethyl adjacent to an activating group) is 1. The number of nitrogens with zero attached hydrogens (tertiary/aromatic N) is 1. The lowest BCUT2D eigenvalue weighted by Gasteiger charge is -2.32. The Bertz CT molecular complexity index is 644. The van der Waals surface area contributed by atoms with Crippen molar-refractivity contribution in [3.05, 3.63) is 62.8 Å². The minimum atomic E-state index is 0.184. The molecule has 0 radical (unpaired) electrons. The van der Waals surface area contributed by atoms with Crippen molar-refractivity contribution in [1.82, 2.24) is 10.3 Å². The maximum atomic E-state index is 6.43. The first-order chi connectivity index (χ1) is 10.2. The van der Waals surface area contributed by atoms with Gasteiger partial charge in [0.15, 0.2) is 0 Å². The molecule has 1 N–H and O–H groups in total. The molecule has 0 saturated carbocycles.